The minimum Gasteiger partial charge on any atom is -0.214 e. The van der Waals surface area contributed by atoms with Gasteiger partial charge in [-0.05, 0) is 39.8 Å². The second-order valence-electron chi connectivity index (χ2n) is 2.91. The summed E-state index contributed by atoms with van der Waals surface area (Å²) in [6.07, 6.45) is 2.60. The second-order valence-corrected chi connectivity index (χ2v) is 4.40. The van der Waals surface area contributed by atoms with Crippen LogP contribution in [-0.4, -0.2) is 9.36 Å². The van der Waals surface area contributed by atoms with Gasteiger partial charge in [0.1, 0.15) is 5.01 Å². The number of hydrogen-bond acceptors (Lipinski definition) is 3. The van der Waals surface area contributed by atoms with Crippen molar-refractivity contribution in [2.24, 2.45) is 5.92 Å². The lowest BCUT2D eigenvalue weighted by atomic mass is 10.3. The third kappa shape index (κ3) is 1.47. The van der Waals surface area contributed by atoms with Crippen LogP contribution >= 0.6 is 27.5 Å². The summed E-state index contributed by atoms with van der Waals surface area (Å²) < 4.78 is 4.84. The van der Waals surface area contributed by atoms with Crippen LogP contribution in [0.2, 0.25) is 0 Å². The van der Waals surface area contributed by atoms with Crippen molar-refractivity contribution in [3.63, 3.8) is 0 Å². The van der Waals surface area contributed by atoms with E-state index in [1.54, 1.807) is 0 Å². The van der Waals surface area contributed by atoms with Gasteiger partial charge in [-0.1, -0.05) is 13.3 Å². The molecule has 4 heteroatoms. The fourth-order valence-electron chi connectivity index (χ4n) is 1.37. The molecule has 2 atom stereocenters. The molecule has 0 aromatic carbocycles. The number of rotatable bonds is 2. The lowest BCUT2D eigenvalue weighted by molar-refractivity contribution is 0.763. The molecule has 1 fully saturated rings. The summed E-state index contributed by atoms with van der Waals surface area (Å²) in [5.41, 5.74) is 0. The van der Waals surface area contributed by atoms with Crippen LogP contribution in [0.15, 0.2) is 4.73 Å². The van der Waals surface area contributed by atoms with Crippen LogP contribution in [0.25, 0.3) is 0 Å². The maximum Gasteiger partial charge on any atom is 0.209 e. The fourth-order valence-corrected chi connectivity index (χ4v) is 2.65. The van der Waals surface area contributed by atoms with E-state index in [0.29, 0.717) is 0 Å². The van der Waals surface area contributed by atoms with E-state index in [1.165, 1.54) is 29.4 Å². The molecule has 1 aliphatic carbocycles. The van der Waals surface area contributed by atoms with Crippen molar-refractivity contribution in [1.29, 1.82) is 0 Å². The molecule has 0 amide bonds. The number of hydrogen-bond donors (Lipinski definition) is 0. The molecule has 0 saturated heterocycles. The first-order chi connectivity index (χ1) is 5.31. The SMILES string of the molecule is CC[C@@H]1C[C@H]1c1nc(Br)ns1. The minimum absolute atomic E-state index is 0.726. The van der Waals surface area contributed by atoms with Crippen LogP contribution in [-0.2, 0) is 0 Å². The Labute approximate surface area is 78.3 Å². The third-order valence-corrected chi connectivity index (χ3v) is 3.62. The standard InChI is InChI=1S/C7H9BrN2S/c1-2-4-3-5(4)6-9-7(8)10-11-6/h4-5H,2-3H2,1H3/t4-,5-/m1/s1. The fraction of sp³-hybridized carbons (Fsp3) is 0.714. The van der Waals surface area contributed by atoms with Gasteiger partial charge in [-0.15, -0.1) is 0 Å². The molecule has 0 radical (unpaired) electrons. The Bertz CT molecular complexity index is 261. The van der Waals surface area contributed by atoms with E-state index in [1.807, 2.05) is 0 Å². The first-order valence-corrected chi connectivity index (χ1v) is 5.37. The molecule has 1 aromatic heterocycles. The van der Waals surface area contributed by atoms with Crippen molar-refractivity contribution in [3.05, 3.63) is 9.74 Å². The Morgan fingerprint density at radius 2 is 2.55 bits per heavy atom. The van der Waals surface area contributed by atoms with Crippen molar-refractivity contribution in [2.45, 2.75) is 25.7 Å². The molecule has 1 heterocycles. The first kappa shape index (κ1) is 7.68. The van der Waals surface area contributed by atoms with Gasteiger partial charge < -0.3 is 0 Å². The summed E-state index contributed by atoms with van der Waals surface area (Å²) >= 11 is 4.79. The average Bonchev–Trinajstić information content (AvgIpc) is 2.68. The van der Waals surface area contributed by atoms with E-state index in [4.69, 9.17) is 0 Å². The topological polar surface area (TPSA) is 25.8 Å². The van der Waals surface area contributed by atoms with Crippen molar-refractivity contribution in [3.8, 4) is 0 Å². The van der Waals surface area contributed by atoms with Crippen LogP contribution in [0, 0.1) is 5.92 Å². The predicted molar refractivity (Wildman–Crippen MR) is 48.7 cm³/mol. The maximum atomic E-state index is 4.29. The van der Waals surface area contributed by atoms with Gasteiger partial charge in [-0.2, -0.15) is 4.37 Å². The molecular weight excluding hydrogens is 224 g/mol. The number of nitrogens with zero attached hydrogens (tertiary/aromatic N) is 2. The highest BCUT2D eigenvalue weighted by Gasteiger charge is 2.39. The monoisotopic (exact) mass is 232 g/mol. The zero-order valence-electron chi connectivity index (χ0n) is 6.25. The summed E-state index contributed by atoms with van der Waals surface area (Å²) in [6, 6.07) is 0. The molecule has 2 rings (SSSR count). The molecule has 0 aliphatic heterocycles. The lowest BCUT2D eigenvalue weighted by Gasteiger charge is -1.87. The van der Waals surface area contributed by atoms with Crippen LogP contribution in [0.1, 0.15) is 30.7 Å². The summed E-state index contributed by atoms with van der Waals surface area (Å²) in [5.74, 6) is 1.61. The van der Waals surface area contributed by atoms with Gasteiger partial charge in [0, 0.05) is 5.92 Å². The molecule has 0 spiro atoms. The summed E-state index contributed by atoms with van der Waals surface area (Å²) in [5, 5.41) is 1.21. The zero-order chi connectivity index (χ0) is 7.84. The Balaban J connectivity index is 2.08. The normalized spacial score (nSPS) is 28.9. The Hall–Kier alpha value is 0.0400. The summed E-state index contributed by atoms with van der Waals surface area (Å²) in [4.78, 5) is 4.29. The molecule has 0 unspecified atom stereocenters. The first-order valence-electron chi connectivity index (χ1n) is 3.80. The van der Waals surface area contributed by atoms with E-state index >= 15 is 0 Å². The van der Waals surface area contributed by atoms with Gasteiger partial charge in [0.25, 0.3) is 0 Å². The highest BCUT2D eigenvalue weighted by atomic mass is 79.9. The summed E-state index contributed by atoms with van der Waals surface area (Å²) in [6.45, 7) is 2.24. The largest absolute Gasteiger partial charge is 0.214 e. The molecular formula is C7H9BrN2S. The zero-order valence-corrected chi connectivity index (χ0v) is 8.65. The maximum absolute atomic E-state index is 4.29. The van der Waals surface area contributed by atoms with E-state index in [9.17, 15) is 0 Å². The van der Waals surface area contributed by atoms with E-state index in [-0.39, 0.29) is 0 Å². The number of halogens is 1. The number of aromatic nitrogens is 2. The quantitative estimate of drug-likeness (QED) is 0.784. The average molecular weight is 233 g/mol. The predicted octanol–water partition coefficient (Wildman–Crippen LogP) is 2.81. The van der Waals surface area contributed by atoms with Gasteiger partial charge in [-0.3, -0.25) is 0 Å². The van der Waals surface area contributed by atoms with Gasteiger partial charge in [-0.25, -0.2) is 4.98 Å². The Kier molecular flexibility index (Phi) is 1.97. The van der Waals surface area contributed by atoms with Crippen molar-refractivity contribution in [2.75, 3.05) is 0 Å². The second kappa shape index (κ2) is 2.83. The van der Waals surface area contributed by atoms with Crippen molar-refractivity contribution in [1.82, 2.24) is 9.36 Å². The van der Waals surface area contributed by atoms with Crippen molar-refractivity contribution >= 4 is 27.5 Å². The van der Waals surface area contributed by atoms with E-state index in [0.717, 1.165) is 16.6 Å². The van der Waals surface area contributed by atoms with Crippen molar-refractivity contribution < 1.29 is 0 Å². The molecule has 2 nitrogen and oxygen atoms in total. The summed E-state index contributed by atoms with van der Waals surface area (Å²) in [7, 11) is 0. The van der Waals surface area contributed by atoms with Gasteiger partial charge in [0.2, 0.25) is 4.73 Å². The van der Waals surface area contributed by atoms with Gasteiger partial charge in [0.05, 0.1) is 0 Å². The molecule has 60 valence electrons. The molecule has 1 aliphatic rings. The van der Waals surface area contributed by atoms with Crippen LogP contribution < -0.4 is 0 Å². The Morgan fingerprint density at radius 3 is 3.00 bits per heavy atom. The highest BCUT2D eigenvalue weighted by Crippen LogP contribution is 2.49. The van der Waals surface area contributed by atoms with E-state index in [2.05, 4.69) is 32.2 Å². The van der Waals surface area contributed by atoms with Gasteiger partial charge >= 0.3 is 0 Å². The molecule has 0 bridgehead atoms. The molecule has 1 aromatic rings. The van der Waals surface area contributed by atoms with Crippen LogP contribution in [0.4, 0.5) is 0 Å². The third-order valence-electron chi connectivity index (χ3n) is 2.18. The highest BCUT2D eigenvalue weighted by molar-refractivity contribution is 9.10. The van der Waals surface area contributed by atoms with Crippen LogP contribution in [0.5, 0.6) is 0 Å². The Morgan fingerprint density at radius 1 is 1.73 bits per heavy atom. The molecule has 0 N–H and O–H groups in total. The van der Waals surface area contributed by atoms with Crippen LogP contribution in [0.3, 0.4) is 0 Å². The molecule has 11 heavy (non-hydrogen) atoms. The van der Waals surface area contributed by atoms with E-state index < -0.39 is 0 Å². The smallest absolute Gasteiger partial charge is 0.209 e. The lowest BCUT2D eigenvalue weighted by Crippen LogP contribution is -1.79. The van der Waals surface area contributed by atoms with Gasteiger partial charge in [0.15, 0.2) is 0 Å². The molecule has 1 saturated carbocycles. The minimum atomic E-state index is 0.726.